The quantitative estimate of drug-likeness (QED) is 0.817. The van der Waals surface area contributed by atoms with Gasteiger partial charge in [-0.2, -0.15) is 15.3 Å². The molecule has 0 unspecified atom stereocenters. The van der Waals surface area contributed by atoms with Crippen molar-refractivity contribution in [1.29, 1.82) is 0 Å². The van der Waals surface area contributed by atoms with E-state index in [0.717, 1.165) is 12.2 Å². The lowest BCUT2D eigenvalue weighted by Gasteiger charge is -2.15. The van der Waals surface area contributed by atoms with Crippen molar-refractivity contribution in [1.82, 2.24) is 20.0 Å². The van der Waals surface area contributed by atoms with Crippen molar-refractivity contribution in [3.05, 3.63) is 35.9 Å². The molecule has 0 N–H and O–H groups in total. The first-order valence-corrected chi connectivity index (χ1v) is 5.72. The highest BCUT2D eigenvalue weighted by Crippen LogP contribution is 2.15. The molecule has 2 aromatic rings. The third-order valence-corrected chi connectivity index (χ3v) is 2.76. The molecule has 0 radical (unpaired) electrons. The molecule has 0 atom stereocenters. The Labute approximate surface area is 105 Å². The van der Waals surface area contributed by atoms with Crippen molar-refractivity contribution in [2.45, 2.75) is 20.4 Å². The molecule has 0 fully saturated rings. The number of hydrogen-bond donors (Lipinski definition) is 0. The van der Waals surface area contributed by atoms with Gasteiger partial charge in [-0.1, -0.05) is 0 Å². The lowest BCUT2D eigenvalue weighted by Crippen LogP contribution is -2.26. The van der Waals surface area contributed by atoms with Gasteiger partial charge in [-0.15, -0.1) is 0 Å². The average Bonchev–Trinajstić information content (AvgIpc) is 2.79. The fourth-order valence-electron chi connectivity index (χ4n) is 1.67. The summed E-state index contributed by atoms with van der Waals surface area (Å²) in [6.45, 7) is 4.56. The highest BCUT2D eigenvalue weighted by Gasteiger charge is 2.18. The van der Waals surface area contributed by atoms with Crippen molar-refractivity contribution >= 4 is 11.6 Å². The number of amides is 1. The molecule has 0 saturated carbocycles. The third kappa shape index (κ3) is 2.22. The Morgan fingerprint density at radius 3 is 2.78 bits per heavy atom. The molecule has 0 bridgehead atoms. The van der Waals surface area contributed by atoms with E-state index in [1.807, 2.05) is 13.8 Å². The minimum absolute atomic E-state index is 0.0970. The maximum Gasteiger partial charge on any atom is 0.261 e. The van der Waals surface area contributed by atoms with E-state index in [1.165, 1.54) is 0 Å². The summed E-state index contributed by atoms with van der Waals surface area (Å²) in [4.78, 5) is 13.9. The van der Waals surface area contributed by atoms with Crippen LogP contribution in [0.2, 0.25) is 0 Å². The minimum atomic E-state index is -0.0970. The molecule has 18 heavy (non-hydrogen) atoms. The molecule has 6 nitrogen and oxygen atoms in total. The molecular formula is C12H15N5O. The van der Waals surface area contributed by atoms with Gasteiger partial charge >= 0.3 is 0 Å². The van der Waals surface area contributed by atoms with E-state index in [0.29, 0.717) is 11.3 Å². The van der Waals surface area contributed by atoms with Gasteiger partial charge in [-0.3, -0.25) is 9.48 Å². The van der Waals surface area contributed by atoms with Crippen LogP contribution in [0.1, 0.15) is 23.0 Å². The highest BCUT2D eigenvalue weighted by atomic mass is 16.2. The number of carbonyl (C=O) groups excluding carboxylic acids is 1. The Kier molecular flexibility index (Phi) is 3.36. The first-order valence-electron chi connectivity index (χ1n) is 5.72. The van der Waals surface area contributed by atoms with Gasteiger partial charge in [0.25, 0.3) is 5.91 Å². The van der Waals surface area contributed by atoms with Crippen molar-refractivity contribution in [3.8, 4) is 0 Å². The van der Waals surface area contributed by atoms with Gasteiger partial charge in [-0.05, 0) is 19.9 Å². The van der Waals surface area contributed by atoms with Crippen LogP contribution in [0, 0.1) is 6.92 Å². The zero-order chi connectivity index (χ0) is 13.1. The molecule has 0 aliphatic rings. The fraction of sp³-hybridized carbons (Fsp3) is 0.333. The van der Waals surface area contributed by atoms with Gasteiger partial charge in [0.2, 0.25) is 0 Å². The number of carbonyl (C=O) groups is 1. The minimum Gasteiger partial charge on any atom is -0.310 e. The predicted molar refractivity (Wildman–Crippen MR) is 67.4 cm³/mol. The summed E-state index contributed by atoms with van der Waals surface area (Å²) in [7, 11) is 1.71. The van der Waals surface area contributed by atoms with E-state index >= 15 is 0 Å². The SMILES string of the molecule is CCn1cc(C(=O)N(C)c2ccnnc2)c(C)n1. The number of anilines is 1. The fourth-order valence-corrected chi connectivity index (χ4v) is 1.67. The van der Waals surface area contributed by atoms with Crippen LogP contribution in [0.5, 0.6) is 0 Å². The summed E-state index contributed by atoms with van der Waals surface area (Å²) in [5.74, 6) is -0.0970. The molecule has 2 rings (SSSR count). The molecule has 2 aromatic heterocycles. The molecule has 6 heteroatoms. The van der Waals surface area contributed by atoms with Gasteiger partial charge in [0.05, 0.1) is 29.3 Å². The van der Waals surface area contributed by atoms with Crippen molar-refractivity contribution in [2.24, 2.45) is 0 Å². The number of rotatable bonds is 3. The first kappa shape index (κ1) is 12.2. The number of aromatic nitrogens is 4. The molecule has 0 saturated heterocycles. The summed E-state index contributed by atoms with van der Waals surface area (Å²) < 4.78 is 1.75. The zero-order valence-corrected chi connectivity index (χ0v) is 10.7. The third-order valence-electron chi connectivity index (χ3n) is 2.76. The molecule has 0 aliphatic heterocycles. The number of nitrogens with zero attached hydrogens (tertiary/aromatic N) is 5. The smallest absolute Gasteiger partial charge is 0.261 e. The van der Waals surface area contributed by atoms with E-state index in [2.05, 4.69) is 15.3 Å². The van der Waals surface area contributed by atoms with E-state index in [9.17, 15) is 4.79 Å². The van der Waals surface area contributed by atoms with Gasteiger partial charge < -0.3 is 4.90 Å². The Hall–Kier alpha value is -2.24. The van der Waals surface area contributed by atoms with Crippen LogP contribution < -0.4 is 4.90 Å². The highest BCUT2D eigenvalue weighted by molar-refractivity contribution is 6.06. The molecular weight excluding hydrogens is 230 g/mol. The molecule has 94 valence electrons. The largest absolute Gasteiger partial charge is 0.310 e. The van der Waals surface area contributed by atoms with Crippen LogP contribution in [-0.2, 0) is 6.54 Å². The lowest BCUT2D eigenvalue weighted by atomic mass is 10.2. The van der Waals surface area contributed by atoms with Crippen molar-refractivity contribution < 1.29 is 4.79 Å². The van der Waals surface area contributed by atoms with Crippen molar-refractivity contribution in [3.63, 3.8) is 0 Å². The summed E-state index contributed by atoms with van der Waals surface area (Å²) >= 11 is 0. The summed E-state index contributed by atoms with van der Waals surface area (Å²) in [5.41, 5.74) is 2.05. The van der Waals surface area contributed by atoms with E-state index in [-0.39, 0.29) is 5.91 Å². The molecule has 2 heterocycles. The summed E-state index contributed by atoms with van der Waals surface area (Å²) in [5, 5.41) is 11.7. The number of hydrogen-bond acceptors (Lipinski definition) is 4. The van der Waals surface area contributed by atoms with Crippen LogP contribution in [0.15, 0.2) is 24.7 Å². The van der Waals surface area contributed by atoms with E-state index in [1.54, 1.807) is 41.3 Å². The zero-order valence-electron chi connectivity index (χ0n) is 10.7. The topological polar surface area (TPSA) is 63.9 Å². The second-order valence-corrected chi connectivity index (χ2v) is 3.95. The summed E-state index contributed by atoms with van der Waals surface area (Å²) in [6, 6.07) is 1.74. The molecule has 0 aromatic carbocycles. The predicted octanol–water partition coefficient (Wildman–Crippen LogP) is 1.28. The van der Waals surface area contributed by atoms with Crippen molar-refractivity contribution in [2.75, 3.05) is 11.9 Å². The van der Waals surface area contributed by atoms with Gasteiger partial charge in [0, 0.05) is 19.8 Å². The second-order valence-electron chi connectivity index (χ2n) is 3.95. The normalized spacial score (nSPS) is 10.4. The number of aryl methyl sites for hydroxylation is 2. The Morgan fingerprint density at radius 1 is 1.44 bits per heavy atom. The molecule has 0 aliphatic carbocycles. The maximum atomic E-state index is 12.3. The van der Waals surface area contributed by atoms with E-state index in [4.69, 9.17) is 0 Å². The van der Waals surface area contributed by atoms with Crippen LogP contribution >= 0.6 is 0 Å². The Morgan fingerprint density at radius 2 is 2.22 bits per heavy atom. The van der Waals surface area contributed by atoms with Crippen LogP contribution in [0.3, 0.4) is 0 Å². The maximum absolute atomic E-state index is 12.3. The summed E-state index contributed by atoms with van der Waals surface area (Å²) in [6.07, 6.45) is 4.88. The van der Waals surface area contributed by atoms with Crippen LogP contribution in [-0.4, -0.2) is 32.9 Å². The first-order chi connectivity index (χ1) is 8.63. The molecule has 0 spiro atoms. The molecule has 1 amide bonds. The van der Waals surface area contributed by atoms with Crippen LogP contribution in [0.25, 0.3) is 0 Å². The Balaban J connectivity index is 2.28. The monoisotopic (exact) mass is 245 g/mol. The average molecular weight is 245 g/mol. The lowest BCUT2D eigenvalue weighted by molar-refractivity contribution is 0.0992. The Bertz CT molecular complexity index is 549. The van der Waals surface area contributed by atoms with Gasteiger partial charge in [0.1, 0.15) is 0 Å². The standard InChI is InChI=1S/C12H15N5O/c1-4-17-8-11(9(2)15-17)12(18)16(3)10-5-6-13-14-7-10/h5-8H,4H2,1-3H3. The van der Waals surface area contributed by atoms with Gasteiger partial charge in [0.15, 0.2) is 0 Å². The second kappa shape index (κ2) is 4.95. The van der Waals surface area contributed by atoms with Gasteiger partial charge in [-0.25, -0.2) is 0 Å². The van der Waals surface area contributed by atoms with E-state index < -0.39 is 0 Å². The van der Waals surface area contributed by atoms with Crippen LogP contribution in [0.4, 0.5) is 5.69 Å².